The highest BCUT2D eigenvalue weighted by Crippen LogP contribution is 1.42. The molecule has 0 aromatic rings. The van der Waals surface area contributed by atoms with Gasteiger partial charge in [-0.05, 0) is 13.0 Å². The number of nitrogens with one attached hydrogen (secondary N) is 1. The zero-order chi connectivity index (χ0) is 4.12. The van der Waals surface area contributed by atoms with Gasteiger partial charge < -0.3 is 5.32 Å². The average molecular weight is 68.9 g/mol. The molecule has 0 aromatic carbocycles. The van der Waals surface area contributed by atoms with Crippen molar-refractivity contribution < 1.29 is 0 Å². The minimum absolute atomic E-state index is 0.594. The Morgan fingerprint density at radius 1 is 1.80 bits per heavy atom. The van der Waals surface area contributed by atoms with Crippen molar-refractivity contribution in [2.45, 2.75) is 6.92 Å². The van der Waals surface area contributed by atoms with Crippen LogP contribution >= 0.6 is 0 Å². The fourth-order valence-electron chi connectivity index (χ4n) is 0.144. The third-order valence-corrected chi connectivity index (χ3v) is 0.394. The zero-order valence-electron chi connectivity index (χ0n) is 3.49. The van der Waals surface area contributed by atoms with Gasteiger partial charge in [0.25, 0.3) is 0 Å². The van der Waals surface area contributed by atoms with E-state index in [4.69, 9.17) is 7.85 Å². The van der Waals surface area contributed by atoms with Gasteiger partial charge in [-0.1, -0.05) is 6.92 Å². The molecule has 2 heteroatoms. The molecular weight excluding hydrogens is 60.9 g/mol. The maximum atomic E-state index is 5.03. The molecule has 0 unspecified atom stereocenters. The summed E-state index contributed by atoms with van der Waals surface area (Å²) in [5.41, 5.74) is 0. The van der Waals surface area contributed by atoms with Crippen molar-refractivity contribution in [1.82, 2.24) is 5.32 Å². The van der Waals surface area contributed by atoms with Gasteiger partial charge in [0.2, 0.25) is 0 Å². The van der Waals surface area contributed by atoms with E-state index >= 15 is 0 Å². The molecule has 0 spiro atoms. The van der Waals surface area contributed by atoms with Crippen molar-refractivity contribution >= 4 is 7.85 Å². The standard InChI is InChI=1S/C3H8BN/c1-2-5-3-4/h5H,2-3H2,1H3. The fourth-order valence-corrected chi connectivity index (χ4v) is 0.144. The maximum absolute atomic E-state index is 5.03. The second-order valence-electron chi connectivity index (χ2n) is 0.808. The van der Waals surface area contributed by atoms with E-state index in [2.05, 4.69) is 5.32 Å². The molecule has 28 valence electrons. The Bertz CT molecular complexity index is 14.4. The average Bonchev–Trinajstić information content (AvgIpc) is 1.41. The number of hydrogen-bond acceptors (Lipinski definition) is 1. The van der Waals surface area contributed by atoms with Crippen LogP contribution in [0.25, 0.3) is 0 Å². The summed E-state index contributed by atoms with van der Waals surface area (Å²) in [6.45, 7) is 2.99. The van der Waals surface area contributed by atoms with Gasteiger partial charge in [0, 0.05) is 0 Å². The number of hydrogen-bond donors (Lipinski definition) is 1. The third-order valence-electron chi connectivity index (χ3n) is 0.394. The van der Waals surface area contributed by atoms with Crippen LogP contribution in [-0.4, -0.2) is 20.8 Å². The van der Waals surface area contributed by atoms with E-state index in [0.717, 1.165) is 6.54 Å². The van der Waals surface area contributed by atoms with Crippen molar-refractivity contribution in [1.29, 1.82) is 0 Å². The zero-order valence-corrected chi connectivity index (χ0v) is 3.49. The summed E-state index contributed by atoms with van der Waals surface area (Å²) < 4.78 is 0. The first-order valence-electron chi connectivity index (χ1n) is 1.82. The van der Waals surface area contributed by atoms with Gasteiger partial charge in [-0.2, -0.15) is 0 Å². The van der Waals surface area contributed by atoms with Crippen LogP contribution in [0.2, 0.25) is 0 Å². The molecule has 0 aromatic heterocycles. The fraction of sp³-hybridized carbons (Fsp3) is 1.00. The smallest absolute Gasteiger partial charge is 0.0859 e. The Labute approximate surface area is 34.2 Å². The topological polar surface area (TPSA) is 12.0 Å². The van der Waals surface area contributed by atoms with Gasteiger partial charge in [0.1, 0.15) is 0 Å². The van der Waals surface area contributed by atoms with Gasteiger partial charge in [-0.3, -0.25) is 0 Å². The molecule has 0 rings (SSSR count). The van der Waals surface area contributed by atoms with E-state index in [1.54, 1.807) is 0 Å². The van der Waals surface area contributed by atoms with Crippen LogP contribution in [0, 0.1) is 0 Å². The molecule has 0 heterocycles. The molecule has 0 aliphatic rings. The highest BCUT2D eigenvalue weighted by atomic mass is 14.8. The van der Waals surface area contributed by atoms with Crippen LogP contribution in [-0.2, 0) is 0 Å². The van der Waals surface area contributed by atoms with Crippen LogP contribution in [0.3, 0.4) is 0 Å². The summed E-state index contributed by atoms with van der Waals surface area (Å²) >= 11 is 0. The van der Waals surface area contributed by atoms with Gasteiger partial charge in [-0.25, -0.2) is 0 Å². The van der Waals surface area contributed by atoms with E-state index in [-0.39, 0.29) is 0 Å². The maximum Gasteiger partial charge on any atom is 0.0859 e. The van der Waals surface area contributed by atoms with Crippen LogP contribution in [0.15, 0.2) is 0 Å². The van der Waals surface area contributed by atoms with Gasteiger partial charge >= 0.3 is 0 Å². The molecular formula is C3H8BN. The monoisotopic (exact) mass is 69.1 g/mol. The van der Waals surface area contributed by atoms with Crippen LogP contribution in [0.1, 0.15) is 6.92 Å². The van der Waals surface area contributed by atoms with E-state index in [9.17, 15) is 0 Å². The Hall–Kier alpha value is 0.0249. The molecule has 0 fully saturated rings. The SMILES string of the molecule is [B]CNCC. The first-order chi connectivity index (χ1) is 2.41. The second-order valence-corrected chi connectivity index (χ2v) is 0.808. The molecule has 0 saturated heterocycles. The van der Waals surface area contributed by atoms with E-state index in [1.807, 2.05) is 6.92 Å². The van der Waals surface area contributed by atoms with Crippen molar-refractivity contribution in [2.24, 2.45) is 0 Å². The molecule has 0 atom stereocenters. The molecule has 1 N–H and O–H groups in total. The van der Waals surface area contributed by atoms with Crippen LogP contribution in [0.5, 0.6) is 0 Å². The summed E-state index contributed by atoms with van der Waals surface area (Å²) in [6, 6.07) is 0. The third kappa shape index (κ3) is 4.02. The molecule has 0 amide bonds. The first-order valence-corrected chi connectivity index (χ1v) is 1.82. The minimum atomic E-state index is 0.594. The Balaban J connectivity index is 2.19. The molecule has 0 aliphatic carbocycles. The largest absolute Gasteiger partial charge is 0.326 e. The van der Waals surface area contributed by atoms with Crippen molar-refractivity contribution in [3.63, 3.8) is 0 Å². The minimum Gasteiger partial charge on any atom is -0.326 e. The normalized spacial score (nSPS) is 8.20. The molecule has 1 nitrogen and oxygen atoms in total. The predicted molar refractivity (Wildman–Crippen MR) is 24.3 cm³/mol. The molecule has 0 bridgehead atoms. The van der Waals surface area contributed by atoms with Crippen LogP contribution in [0.4, 0.5) is 0 Å². The Morgan fingerprint density at radius 3 is 2.40 bits per heavy atom. The number of rotatable bonds is 2. The highest BCUT2D eigenvalue weighted by molar-refractivity contribution is 6.08. The lowest BCUT2D eigenvalue weighted by molar-refractivity contribution is 0.834. The van der Waals surface area contributed by atoms with Crippen molar-refractivity contribution in [3.8, 4) is 0 Å². The lowest BCUT2D eigenvalue weighted by Gasteiger charge is -1.86. The quantitative estimate of drug-likeness (QED) is 0.440. The predicted octanol–water partition coefficient (Wildman–Crippen LogP) is -0.278. The lowest BCUT2D eigenvalue weighted by atomic mass is 10.2. The molecule has 0 saturated carbocycles. The van der Waals surface area contributed by atoms with Crippen molar-refractivity contribution in [3.05, 3.63) is 0 Å². The molecule has 2 radical (unpaired) electrons. The molecule has 5 heavy (non-hydrogen) atoms. The van der Waals surface area contributed by atoms with Gasteiger partial charge in [0.05, 0.1) is 7.85 Å². The first kappa shape index (κ1) is 5.02. The van der Waals surface area contributed by atoms with Gasteiger partial charge in [-0.15, -0.1) is 0 Å². The highest BCUT2D eigenvalue weighted by Gasteiger charge is 1.63. The van der Waals surface area contributed by atoms with E-state index < -0.39 is 0 Å². The lowest BCUT2D eigenvalue weighted by Crippen LogP contribution is -2.12. The molecule has 0 aliphatic heterocycles. The van der Waals surface area contributed by atoms with Crippen molar-refractivity contribution in [2.75, 3.05) is 13.0 Å². The van der Waals surface area contributed by atoms with E-state index in [1.165, 1.54) is 0 Å². The summed E-state index contributed by atoms with van der Waals surface area (Å²) in [5, 5.41) is 2.89. The summed E-state index contributed by atoms with van der Waals surface area (Å²) in [4.78, 5) is 0. The summed E-state index contributed by atoms with van der Waals surface area (Å²) in [6.07, 6.45) is 0.594. The summed E-state index contributed by atoms with van der Waals surface area (Å²) in [7, 11) is 5.03. The second kappa shape index (κ2) is 4.02. The Morgan fingerprint density at radius 2 is 2.40 bits per heavy atom. The summed E-state index contributed by atoms with van der Waals surface area (Å²) in [5.74, 6) is 0. The van der Waals surface area contributed by atoms with E-state index in [0.29, 0.717) is 6.44 Å². The Kier molecular flexibility index (Phi) is 4.05. The van der Waals surface area contributed by atoms with Gasteiger partial charge in [0.15, 0.2) is 0 Å². The van der Waals surface area contributed by atoms with Crippen LogP contribution < -0.4 is 5.32 Å².